The minimum atomic E-state index is -0.0321. The average Bonchev–Trinajstić information content (AvgIpc) is 2.45. The monoisotopic (exact) mass is 304 g/mol. The minimum absolute atomic E-state index is 0.0321. The molecule has 1 aromatic carbocycles. The lowest BCUT2D eigenvalue weighted by molar-refractivity contribution is -0.124. The van der Waals surface area contributed by atoms with Crippen LogP contribution in [0.15, 0.2) is 18.2 Å². The summed E-state index contributed by atoms with van der Waals surface area (Å²) in [6.45, 7) is 9.50. The maximum Gasteiger partial charge on any atom is 0.258 e. The number of carbonyl (C=O) groups is 1. The first kappa shape index (κ1) is 16.8. The fourth-order valence-corrected chi connectivity index (χ4v) is 2.92. The maximum absolute atomic E-state index is 12.1. The third-order valence-corrected chi connectivity index (χ3v) is 4.14. The number of hydrogen-bond donors (Lipinski definition) is 2. The summed E-state index contributed by atoms with van der Waals surface area (Å²) < 4.78 is 5.78. The van der Waals surface area contributed by atoms with Gasteiger partial charge in [0.2, 0.25) is 0 Å². The zero-order valence-electron chi connectivity index (χ0n) is 14.1. The fourth-order valence-electron chi connectivity index (χ4n) is 2.92. The number of aryl methyl sites for hydroxylation is 1. The Labute approximate surface area is 133 Å². The molecule has 2 unspecified atom stereocenters. The number of rotatable bonds is 5. The van der Waals surface area contributed by atoms with E-state index in [1.165, 1.54) is 0 Å². The van der Waals surface area contributed by atoms with Crippen LogP contribution < -0.4 is 15.4 Å². The van der Waals surface area contributed by atoms with E-state index in [0.717, 1.165) is 36.3 Å². The highest BCUT2D eigenvalue weighted by molar-refractivity contribution is 5.77. The van der Waals surface area contributed by atoms with E-state index in [9.17, 15) is 4.79 Å². The maximum atomic E-state index is 12.1. The van der Waals surface area contributed by atoms with Crippen LogP contribution in [0.4, 0.5) is 0 Å². The van der Waals surface area contributed by atoms with E-state index in [4.69, 9.17) is 4.74 Å². The number of ether oxygens (including phenoxy) is 1. The van der Waals surface area contributed by atoms with Crippen LogP contribution in [0.3, 0.4) is 0 Å². The third-order valence-electron chi connectivity index (χ3n) is 4.14. The molecule has 1 amide bonds. The van der Waals surface area contributed by atoms with Gasteiger partial charge in [-0.1, -0.05) is 26.0 Å². The first-order chi connectivity index (χ1) is 10.5. The Balaban J connectivity index is 1.89. The Kier molecular flexibility index (Phi) is 5.83. The lowest BCUT2D eigenvalue weighted by Crippen LogP contribution is -2.47. The van der Waals surface area contributed by atoms with Crippen molar-refractivity contribution in [2.45, 2.75) is 58.5 Å². The van der Waals surface area contributed by atoms with E-state index in [-0.39, 0.29) is 18.6 Å². The fraction of sp³-hybridized carbons (Fsp3) is 0.611. The van der Waals surface area contributed by atoms with Crippen molar-refractivity contribution in [3.63, 3.8) is 0 Å². The van der Waals surface area contributed by atoms with Crippen LogP contribution in [-0.4, -0.2) is 31.1 Å². The number of carbonyl (C=O) groups excluding carboxylic acids is 1. The molecule has 0 aromatic heterocycles. The molecular formula is C18H28N2O2. The summed E-state index contributed by atoms with van der Waals surface area (Å²) in [5, 5.41) is 6.47. The van der Waals surface area contributed by atoms with E-state index in [2.05, 4.69) is 43.5 Å². The van der Waals surface area contributed by atoms with Gasteiger partial charge < -0.3 is 15.4 Å². The summed E-state index contributed by atoms with van der Waals surface area (Å²) in [6, 6.07) is 6.90. The molecule has 0 spiro atoms. The van der Waals surface area contributed by atoms with Gasteiger partial charge in [0.15, 0.2) is 6.61 Å². The van der Waals surface area contributed by atoms with Crippen molar-refractivity contribution in [3.05, 3.63) is 29.3 Å². The van der Waals surface area contributed by atoms with Gasteiger partial charge in [0, 0.05) is 12.1 Å². The second kappa shape index (κ2) is 7.63. The topological polar surface area (TPSA) is 50.4 Å². The number of amides is 1. The van der Waals surface area contributed by atoms with Gasteiger partial charge >= 0.3 is 0 Å². The van der Waals surface area contributed by atoms with Crippen molar-refractivity contribution < 1.29 is 9.53 Å². The molecule has 122 valence electrons. The molecule has 1 aliphatic heterocycles. The molecule has 2 rings (SSSR count). The lowest BCUT2D eigenvalue weighted by Gasteiger charge is -2.28. The minimum Gasteiger partial charge on any atom is -0.483 e. The van der Waals surface area contributed by atoms with Crippen LogP contribution in [0.2, 0.25) is 0 Å². The molecule has 4 nitrogen and oxygen atoms in total. The number of hydrogen-bond acceptors (Lipinski definition) is 3. The van der Waals surface area contributed by atoms with Crippen LogP contribution in [0.5, 0.6) is 5.75 Å². The van der Waals surface area contributed by atoms with E-state index in [0.29, 0.717) is 12.0 Å². The normalized spacial score (nSPS) is 21.7. The zero-order chi connectivity index (χ0) is 16.1. The predicted octanol–water partition coefficient (Wildman–Crippen LogP) is 2.75. The summed E-state index contributed by atoms with van der Waals surface area (Å²) >= 11 is 0. The number of nitrogens with one attached hydrogen (secondary N) is 2. The first-order valence-corrected chi connectivity index (χ1v) is 8.21. The zero-order valence-corrected chi connectivity index (χ0v) is 14.1. The second-order valence-electron chi connectivity index (χ2n) is 6.63. The Morgan fingerprint density at radius 3 is 2.91 bits per heavy atom. The average molecular weight is 304 g/mol. The van der Waals surface area contributed by atoms with Gasteiger partial charge in [0.1, 0.15) is 5.75 Å². The van der Waals surface area contributed by atoms with E-state index < -0.39 is 0 Å². The highest BCUT2D eigenvalue weighted by atomic mass is 16.5. The van der Waals surface area contributed by atoms with Gasteiger partial charge in [0.05, 0.1) is 0 Å². The summed E-state index contributed by atoms with van der Waals surface area (Å²) in [4.78, 5) is 12.1. The molecule has 0 radical (unpaired) electrons. The Morgan fingerprint density at radius 1 is 1.45 bits per heavy atom. The van der Waals surface area contributed by atoms with Crippen LogP contribution >= 0.6 is 0 Å². The summed E-state index contributed by atoms with van der Waals surface area (Å²) in [7, 11) is 0. The molecule has 1 saturated heterocycles. The Morgan fingerprint density at radius 2 is 2.23 bits per heavy atom. The van der Waals surface area contributed by atoms with E-state index in [1.807, 2.05) is 13.0 Å². The molecule has 0 bridgehead atoms. The molecule has 1 heterocycles. The summed E-state index contributed by atoms with van der Waals surface area (Å²) in [6.07, 6.45) is 1.96. The van der Waals surface area contributed by atoms with Gasteiger partial charge in [0.25, 0.3) is 5.91 Å². The van der Waals surface area contributed by atoms with E-state index >= 15 is 0 Å². The smallest absolute Gasteiger partial charge is 0.258 e. The molecular weight excluding hydrogens is 276 g/mol. The molecule has 4 heteroatoms. The van der Waals surface area contributed by atoms with Crippen LogP contribution in [0.1, 0.15) is 50.7 Å². The Hall–Kier alpha value is -1.55. The SMILES string of the molecule is Cc1ccc(C(C)C)c(OCC(=O)NC2CCNC(C)C2)c1. The van der Waals surface area contributed by atoms with Crippen molar-refractivity contribution >= 4 is 5.91 Å². The van der Waals surface area contributed by atoms with Gasteiger partial charge in [-0.3, -0.25) is 4.79 Å². The third kappa shape index (κ3) is 4.73. The van der Waals surface area contributed by atoms with Crippen molar-refractivity contribution in [2.24, 2.45) is 0 Å². The quantitative estimate of drug-likeness (QED) is 0.879. The van der Waals surface area contributed by atoms with Crippen molar-refractivity contribution in [1.29, 1.82) is 0 Å². The highest BCUT2D eigenvalue weighted by Gasteiger charge is 2.20. The highest BCUT2D eigenvalue weighted by Crippen LogP contribution is 2.27. The van der Waals surface area contributed by atoms with Gasteiger partial charge in [-0.05, 0) is 56.3 Å². The molecule has 1 aromatic rings. The second-order valence-corrected chi connectivity index (χ2v) is 6.63. The van der Waals surface area contributed by atoms with Crippen LogP contribution in [-0.2, 0) is 4.79 Å². The number of benzene rings is 1. The molecule has 2 atom stereocenters. The molecule has 2 N–H and O–H groups in total. The van der Waals surface area contributed by atoms with Gasteiger partial charge in [-0.2, -0.15) is 0 Å². The summed E-state index contributed by atoms with van der Waals surface area (Å²) in [5.41, 5.74) is 2.29. The van der Waals surface area contributed by atoms with Gasteiger partial charge in [-0.25, -0.2) is 0 Å². The van der Waals surface area contributed by atoms with Gasteiger partial charge in [-0.15, -0.1) is 0 Å². The molecule has 0 aliphatic carbocycles. The van der Waals surface area contributed by atoms with E-state index in [1.54, 1.807) is 0 Å². The number of piperidine rings is 1. The molecule has 1 aliphatic rings. The molecule has 0 saturated carbocycles. The van der Waals surface area contributed by atoms with Crippen LogP contribution in [0, 0.1) is 6.92 Å². The first-order valence-electron chi connectivity index (χ1n) is 8.21. The Bertz CT molecular complexity index is 514. The standard InChI is InChI=1S/C18H28N2O2/c1-12(2)16-6-5-13(3)9-17(16)22-11-18(21)20-15-7-8-19-14(4)10-15/h5-6,9,12,14-15,19H,7-8,10-11H2,1-4H3,(H,20,21). The lowest BCUT2D eigenvalue weighted by atomic mass is 10.0. The summed E-state index contributed by atoms with van der Waals surface area (Å²) in [5.74, 6) is 1.17. The van der Waals surface area contributed by atoms with Crippen molar-refractivity contribution in [3.8, 4) is 5.75 Å². The predicted molar refractivity (Wildman–Crippen MR) is 89.4 cm³/mol. The molecule has 1 fully saturated rings. The van der Waals surface area contributed by atoms with Crippen molar-refractivity contribution in [1.82, 2.24) is 10.6 Å². The van der Waals surface area contributed by atoms with Crippen LogP contribution in [0.25, 0.3) is 0 Å². The largest absolute Gasteiger partial charge is 0.483 e. The van der Waals surface area contributed by atoms with Crippen molar-refractivity contribution in [2.75, 3.05) is 13.2 Å². The molecule has 22 heavy (non-hydrogen) atoms.